The van der Waals surface area contributed by atoms with Gasteiger partial charge in [0.25, 0.3) is 0 Å². The molecule has 0 atom stereocenters. The molecule has 2 aromatic rings. The van der Waals surface area contributed by atoms with E-state index in [0.29, 0.717) is 11.6 Å². The normalized spacial score (nSPS) is 10.2. The van der Waals surface area contributed by atoms with E-state index in [9.17, 15) is 4.39 Å². The lowest BCUT2D eigenvalue weighted by atomic mass is 10.2. The number of aromatic nitrogens is 4. The van der Waals surface area contributed by atoms with Gasteiger partial charge in [-0.3, -0.25) is 0 Å². The molecule has 0 bridgehead atoms. The van der Waals surface area contributed by atoms with E-state index in [0.717, 1.165) is 0 Å². The number of nitrogens with zero attached hydrogens (tertiary/aromatic N) is 4. The Morgan fingerprint density at radius 2 is 1.81 bits per heavy atom. The first-order valence-electron chi connectivity index (χ1n) is 4.58. The second kappa shape index (κ2) is 4.18. The van der Waals surface area contributed by atoms with Crippen molar-refractivity contribution in [2.24, 2.45) is 0 Å². The third-order valence-electron chi connectivity index (χ3n) is 1.99. The van der Waals surface area contributed by atoms with Crippen LogP contribution < -0.4 is 4.74 Å². The van der Waals surface area contributed by atoms with Gasteiger partial charge in [0.05, 0.1) is 12.7 Å². The number of benzene rings is 1. The average molecular weight is 220 g/mol. The van der Waals surface area contributed by atoms with E-state index in [1.54, 1.807) is 6.92 Å². The van der Waals surface area contributed by atoms with E-state index >= 15 is 0 Å². The summed E-state index contributed by atoms with van der Waals surface area (Å²) in [5, 5.41) is 15.0. The Morgan fingerprint density at radius 3 is 2.44 bits per heavy atom. The predicted molar refractivity (Wildman–Crippen MR) is 54.3 cm³/mol. The van der Waals surface area contributed by atoms with Crippen molar-refractivity contribution >= 4 is 0 Å². The van der Waals surface area contributed by atoms with Crippen molar-refractivity contribution in [2.75, 3.05) is 7.11 Å². The van der Waals surface area contributed by atoms with Crippen LogP contribution >= 0.6 is 0 Å². The lowest BCUT2D eigenvalue weighted by Crippen LogP contribution is -2.00. The summed E-state index contributed by atoms with van der Waals surface area (Å²) in [6.07, 6.45) is 0. The van der Waals surface area contributed by atoms with E-state index < -0.39 is 5.82 Å². The fourth-order valence-corrected chi connectivity index (χ4v) is 1.19. The van der Waals surface area contributed by atoms with Crippen molar-refractivity contribution in [3.05, 3.63) is 29.8 Å². The summed E-state index contributed by atoms with van der Waals surface area (Å²) in [5.41, 5.74) is 0.222. The molecular weight excluding hydrogens is 211 g/mol. The maximum atomic E-state index is 13.5. The summed E-state index contributed by atoms with van der Waals surface area (Å²) in [7, 11) is 1.50. The van der Waals surface area contributed by atoms with Crippen molar-refractivity contribution < 1.29 is 9.13 Å². The van der Waals surface area contributed by atoms with Gasteiger partial charge in [-0.2, -0.15) is 0 Å². The first-order chi connectivity index (χ1) is 7.70. The van der Waals surface area contributed by atoms with Gasteiger partial charge in [-0.15, -0.1) is 20.4 Å². The molecule has 5 nitrogen and oxygen atoms in total. The highest BCUT2D eigenvalue weighted by Gasteiger charge is 2.10. The van der Waals surface area contributed by atoms with Gasteiger partial charge in [-0.05, 0) is 25.1 Å². The molecule has 0 fully saturated rings. The van der Waals surface area contributed by atoms with Crippen LogP contribution in [0.5, 0.6) is 5.75 Å². The zero-order chi connectivity index (χ0) is 11.5. The SMILES string of the molecule is COc1ccc(F)c(-c2nnc(C)nn2)c1. The van der Waals surface area contributed by atoms with E-state index in [1.807, 2.05) is 0 Å². The quantitative estimate of drug-likeness (QED) is 0.765. The Kier molecular flexibility index (Phi) is 2.72. The van der Waals surface area contributed by atoms with Crippen molar-refractivity contribution in [2.45, 2.75) is 6.92 Å². The molecule has 1 aromatic carbocycles. The van der Waals surface area contributed by atoms with Crippen molar-refractivity contribution in [1.29, 1.82) is 0 Å². The second-order valence-corrected chi connectivity index (χ2v) is 3.12. The molecule has 1 aromatic heterocycles. The van der Waals surface area contributed by atoms with E-state index in [2.05, 4.69) is 20.4 Å². The van der Waals surface area contributed by atoms with Crippen molar-refractivity contribution in [1.82, 2.24) is 20.4 Å². The lowest BCUT2D eigenvalue weighted by Gasteiger charge is -2.03. The monoisotopic (exact) mass is 220 g/mol. The maximum Gasteiger partial charge on any atom is 0.206 e. The Hall–Kier alpha value is -2.11. The van der Waals surface area contributed by atoms with Crippen molar-refractivity contribution in [3.8, 4) is 17.1 Å². The van der Waals surface area contributed by atoms with Crippen LogP contribution in [0.4, 0.5) is 4.39 Å². The Bertz CT molecular complexity index is 501. The van der Waals surface area contributed by atoms with Gasteiger partial charge in [0.1, 0.15) is 11.6 Å². The number of ether oxygens (including phenoxy) is 1. The van der Waals surface area contributed by atoms with Gasteiger partial charge in [0.15, 0.2) is 5.82 Å². The molecule has 0 saturated heterocycles. The zero-order valence-corrected chi connectivity index (χ0v) is 8.81. The standard InChI is InChI=1S/C10H9FN4O/c1-6-12-14-10(15-13-6)8-5-7(16-2)3-4-9(8)11/h3-5H,1-2H3. The Morgan fingerprint density at radius 1 is 1.12 bits per heavy atom. The molecule has 0 spiro atoms. The van der Waals surface area contributed by atoms with Gasteiger partial charge >= 0.3 is 0 Å². The zero-order valence-electron chi connectivity index (χ0n) is 8.81. The molecular formula is C10H9FN4O. The average Bonchev–Trinajstić information content (AvgIpc) is 2.31. The lowest BCUT2D eigenvalue weighted by molar-refractivity contribution is 0.414. The van der Waals surface area contributed by atoms with E-state index in [4.69, 9.17) is 4.74 Å². The van der Waals surface area contributed by atoms with Crippen LogP contribution in [0.2, 0.25) is 0 Å². The molecule has 0 saturated carbocycles. The smallest absolute Gasteiger partial charge is 0.206 e. The third kappa shape index (κ3) is 1.95. The summed E-state index contributed by atoms with van der Waals surface area (Å²) in [6, 6.07) is 4.31. The molecule has 16 heavy (non-hydrogen) atoms. The number of hydrogen-bond donors (Lipinski definition) is 0. The maximum absolute atomic E-state index is 13.5. The molecule has 0 aliphatic rings. The highest BCUT2D eigenvalue weighted by Crippen LogP contribution is 2.23. The number of halogens is 1. The van der Waals surface area contributed by atoms with Crippen LogP contribution in [-0.2, 0) is 0 Å². The first kappa shape index (κ1) is 10.4. The van der Waals surface area contributed by atoms with Crippen LogP contribution in [-0.4, -0.2) is 27.5 Å². The third-order valence-corrected chi connectivity index (χ3v) is 1.99. The van der Waals surface area contributed by atoms with Crippen LogP contribution in [0.1, 0.15) is 5.82 Å². The molecule has 0 aliphatic carbocycles. The van der Waals surface area contributed by atoms with E-state index in [-0.39, 0.29) is 11.4 Å². The van der Waals surface area contributed by atoms with Gasteiger partial charge in [-0.1, -0.05) is 0 Å². The fourth-order valence-electron chi connectivity index (χ4n) is 1.19. The molecule has 0 unspecified atom stereocenters. The Labute approximate surface area is 91.3 Å². The molecule has 1 heterocycles. The molecule has 0 N–H and O–H groups in total. The van der Waals surface area contributed by atoms with Gasteiger partial charge < -0.3 is 4.74 Å². The van der Waals surface area contributed by atoms with Crippen LogP contribution in [0.3, 0.4) is 0 Å². The fraction of sp³-hybridized carbons (Fsp3) is 0.200. The first-order valence-corrected chi connectivity index (χ1v) is 4.58. The molecule has 0 radical (unpaired) electrons. The molecule has 0 amide bonds. The van der Waals surface area contributed by atoms with Gasteiger partial charge in [-0.25, -0.2) is 4.39 Å². The van der Waals surface area contributed by atoms with E-state index in [1.165, 1.54) is 25.3 Å². The molecule has 2 rings (SSSR count). The Balaban J connectivity index is 2.50. The predicted octanol–water partition coefficient (Wildman–Crippen LogP) is 1.39. The van der Waals surface area contributed by atoms with Gasteiger partial charge in [0, 0.05) is 0 Å². The minimum atomic E-state index is -0.437. The number of aryl methyl sites for hydroxylation is 1. The topological polar surface area (TPSA) is 60.8 Å². The van der Waals surface area contributed by atoms with Crippen LogP contribution in [0, 0.1) is 12.7 Å². The second-order valence-electron chi connectivity index (χ2n) is 3.12. The van der Waals surface area contributed by atoms with Crippen molar-refractivity contribution in [3.63, 3.8) is 0 Å². The molecule has 6 heteroatoms. The van der Waals surface area contributed by atoms with Gasteiger partial charge in [0.2, 0.25) is 5.82 Å². The summed E-state index contributed by atoms with van der Waals surface area (Å²) >= 11 is 0. The number of rotatable bonds is 2. The van der Waals surface area contributed by atoms with Crippen LogP contribution in [0.25, 0.3) is 11.4 Å². The summed E-state index contributed by atoms with van der Waals surface area (Å²) in [4.78, 5) is 0. The highest BCUT2D eigenvalue weighted by atomic mass is 19.1. The molecule has 82 valence electrons. The minimum Gasteiger partial charge on any atom is -0.497 e. The summed E-state index contributed by atoms with van der Waals surface area (Å²) in [5.74, 6) is 0.669. The molecule has 0 aliphatic heterocycles. The summed E-state index contributed by atoms with van der Waals surface area (Å²) < 4.78 is 18.5. The number of methoxy groups -OCH3 is 1. The number of hydrogen-bond acceptors (Lipinski definition) is 5. The largest absolute Gasteiger partial charge is 0.497 e. The van der Waals surface area contributed by atoms with Crippen LogP contribution in [0.15, 0.2) is 18.2 Å². The summed E-state index contributed by atoms with van der Waals surface area (Å²) in [6.45, 7) is 1.66. The highest BCUT2D eigenvalue weighted by molar-refractivity contribution is 5.57. The minimum absolute atomic E-state index is 0.141.